The molecule has 0 saturated carbocycles. The van der Waals surface area contributed by atoms with Gasteiger partial charge in [0, 0.05) is 12.0 Å². The molecule has 0 bridgehead atoms. The van der Waals surface area contributed by atoms with E-state index >= 15 is 0 Å². The van der Waals surface area contributed by atoms with Crippen LogP contribution in [-0.2, 0) is 11.2 Å². The summed E-state index contributed by atoms with van der Waals surface area (Å²) < 4.78 is 0. The summed E-state index contributed by atoms with van der Waals surface area (Å²) in [5.74, 6) is -0.233. The Labute approximate surface area is 96.0 Å². The predicted octanol–water partition coefficient (Wildman–Crippen LogP) is 0.501. The van der Waals surface area contributed by atoms with E-state index in [2.05, 4.69) is 29.6 Å². The first-order chi connectivity index (χ1) is 7.68. The van der Waals surface area contributed by atoms with Gasteiger partial charge >= 0.3 is 0 Å². The number of carbonyl (C=O) groups excluding carboxylic acids is 1. The summed E-state index contributed by atoms with van der Waals surface area (Å²) in [4.78, 5) is 11.1. The molecule has 1 aliphatic carbocycles. The number of benzene rings is 1. The number of primary amides is 1. The molecule has 2 rings (SSSR count). The van der Waals surface area contributed by atoms with Gasteiger partial charge in [0.15, 0.2) is 6.04 Å². The molecule has 86 valence electrons. The summed E-state index contributed by atoms with van der Waals surface area (Å²) in [6.45, 7) is 1.87. The van der Waals surface area contributed by atoms with Gasteiger partial charge in [-0.2, -0.15) is 0 Å². The number of quaternary nitrogens is 1. The van der Waals surface area contributed by atoms with Gasteiger partial charge in [-0.05, 0) is 25.3 Å². The fourth-order valence-corrected chi connectivity index (χ4v) is 2.43. The summed E-state index contributed by atoms with van der Waals surface area (Å²) in [5, 5.41) is 2.10. The maximum Gasteiger partial charge on any atom is 0.275 e. The Hall–Kier alpha value is -1.35. The van der Waals surface area contributed by atoms with E-state index in [1.807, 2.05) is 6.92 Å². The van der Waals surface area contributed by atoms with E-state index in [1.54, 1.807) is 0 Å². The Bertz CT molecular complexity index is 389. The molecule has 1 aromatic carbocycles. The molecule has 3 nitrogen and oxygen atoms in total. The molecule has 1 aliphatic rings. The van der Waals surface area contributed by atoms with Gasteiger partial charge in [0.2, 0.25) is 0 Å². The van der Waals surface area contributed by atoms with Crippen molar-refractivity contribution in [2.45, 2.75) is 38.3 Å². The van der Waals surface area contributed by atoms with Crippen LogP contribution in [0.25, 0.3) is 0 Å². The van der Waals surface area contributed by atoms with Gasteiger partial charge < -0.3 is 11.1 Å². The van der Waals surface area contributed by atoms with E-state index in [0.29, 0.717) is 6.04 Å². The molecule has 1 aromatic rings. The number of hydrogen-bond donors (Lipinski definition) is 2. The molecule has 1 amide bonds. The molecule has 0 heterocycles. The summed E-state index contributed by atoms with van der Waals surface area (Å²) in [6, 6.07) is 8.76. The molecule has 3 heteroatoms. The Balaban J connectivity index is 2.16. The van der Waals surface area contributed by atoms with E-state index in [1.165, 1.54) is 17.5 Å². The molecule has 0 aromatic heterocycles. The Morgan fingerprint density at radius 3 is 3.00 bits per heavy atom. The molecule has 0 saturated heterocycles. The molecule has 0 spiro atoms. The average Bonchev–Trinajstić information content (AvgIpc) is 2.29. The van der Waals surface area contributed by atoms with Crippen molar-refractivity contribution in [3.05, 3.63) is 35.4 Å². The van der Waals surface area contributed by atoms with Crippen LogP contribution in [0.5, 0.6) is 0 Å². The first-order valence-electron chi connectivity index (χ1n) is 5.90. The predicted molar refractivity (Wildman–Crippen MR) is 62.7 cm³/mol. The minimum Gasteiger partial charge on any atom is -0.365 e. The largest absolute Gasteiger partial charge is 0.365 e. The second-order valence-electron chi connectivity index (χ2n) is 4.58. The third-order valence-electron chi connectivity index (χ3n) is 3.39. The van der Waals surface area contributed by atoms with Crippen molar-refractivity contribution in [3.8, 4) is 0 Å². The summed E-state index contributed by atoms with van der Waals surface area (Å²) in [7, 11) is 0. The smallest absolute Gasteiger partial charge is 0.275 e. The monoisotopic (exact) mass is 219 g/mol. The number of carbonyl (C=O) groups is 1. The number of fused-ring (bicyclic) bond motifs is 1. The number of hydrogen-bond acceptors (Lipinski definition) is 1. The zero-order valence-corrected chi connectivity index (χ0v) is 9.65. The summed E-state index contributed by atoms with van der Waals surface area (Å²) in [6.07, 6.45) is 3.49. The lowest BCUT2D eigenvalue weighted by Crippen LogP contribution is -2.92. The van der Waals surface area contributed by atoms with Crippen molar-refractivity contribution >= 4 is 5.91 Å². The molecule has 4 N–H and O–H groups in total. The van der Waals surface area contributed by atoms with Crippen molar-refractivity contribution in [1.82, 2.24) is 0 Å². The van der Waals surface area contributed by atoms with Crippen LogP contribution in [0.4, 0.5) is 0 Å². The van der Waals surface area contributed by atoms with Gasteiger partial charge in [0.05, 0.1) is 0 Å². The van der Waals surface area contributed by atoms with Crippen LogP contribution in [0, 0.1) is 0 Å². The van der Waals surface area contributed by atoms with Crippen LogP contribution in [0.1, 0.15) is 36.9 Å². The molecule has 0 radical (unpaired) electrons. The van der Waals surface area contributed by atoms with Crippen LogP contribution >= 0.6 is 0 Å². The maximum atomic E-state index is 11.1. The number of nitrogens with two attached hydrogens (primary N) is 2. The lowest BCUT2D eigenvalue weighted by molar-refractivity contribution is -0.714. The Morgan fingerprint density at radius 2 is 2.25 bits per heavy atom. The van der Waals surface area contributed by atoms with Gasteiger partial charge in [-0.15, -0.1) is 0 Å². The zero-order chi connectivity index (χ0) is 11.5. The SMILES string of the molecule is C[C@H]([NH2+][C@H]1CCCc2ccccc21)C(N)=O. The quantitative estimate of drug-likeness (QED) is 0.764. The van der Waals surface area contributed by atoms with Crippen molar-refractivity contribution < 1.29 is 10.1 Å². The lowest BCUT2D eigenvalue weighted by Gasteiger charge is -2.25. The Kier molecular flexibility index (Phi) is 3.25. The standard InChI is InChI=1S/C13H18N2O/c1-9(13(14)16)15-12-8-4-6-10-5-2-3-7-11(10)12/h2-3,5,7,9,12,15H,4,6,8H2,1H3,(H2,14,16)/p+1/t9-,12-/m0/s1. The van der Waals surface area contributed by atoms with Gasteiger partial charge in [-0.25, -0.2) is 0 Å². The lowest BCUT2D eigenvalue weighted by atomic mass is 9.87. The van der Waals surface area contributed by atoms with E-state index in [0.717, 1.165) is 12.8 Å². The number of aryl methyl sites for hydroxylation is 1. The van der Waals surface area contributed by atoms with Crippen molar-refractivity contribution in [3.63, 3.8) is 0 Å². The normalized spacial score (nSPS) is 21.2. The van der Waals surface area contributed by atoms with E-state index in [-0.39, 0.29) is 11.9 Å². The second kappa shape index (κ2) is 4.66. The fraction of sp³-hybridized carbons (Fsp3) is 0.462. The van der Waals surface area contributed by atoms with Gasteiger partial charge in [-0.1, -0.05) is 24.3 Å². The second-order valence-corrected chi connectivity index (χ2v) is 4.58. The highest BCUT2D eigenvalue weighted by atomic mass is 16.1. The average molecular weight is 219 g/mol. The van der Waals surface area contributed by atoms with Crippen LogP contribution in [0.15, 0.2) is 24.3 Å². The Morgan fingerprint density at radius 1 is 1.50 bits per heavy atom. The van der Waals surface area contributed by atoms with Crippen molar-refractivity contribution in [1.29, 1.82) is 0 Å². The minimum absolute atomic E-state index is 0.142. The highest BCUT2D eigenvalue weighted by Gasteiger charge is 2.25. The molecule has 0 fully saturated rings. The third-order valence-corrected chi connectivity index (χ3v) is 3.39. The molecule has 16 heavy (non-hydrogen) atoms. The van der Waals surface area contributed by atoms with Gasteiger partial charge in [-0.3, -0.25) is 4.79 Å². The molecule has 2 atom stereocenters. The highest BCUT2D eigenvalue weighted by Crippen LogP contribution is 2.26. The van der Waals surface area contributed by atoms with Crippen LogP contribution in [-0.4, -0.2) is 11.9 Å². The third kappa shape index (κ3) is 2.25. The fourth-order valence-electron chi connectivity index (χ4n) is 2.43. The number of amides is 1. The van der Waals surface area contributed by atoms with Crippen LogP contribution < -0.4 is 11.1 Å². The summed E-state index contributed by atoms with van der Waals surface area (Å²) in [5.41, 5.74) is 8.10. The van der Waals surface area contributed by atoms with Crippen molar-refractivity contribution in [2.75, 3.05) is 0 Å². The first-order valence-corrected chi connectivity index (χ1v) is 5.90. The molecule has 0 aliphatic heterocycles. The highest BCUT2D eigenvalue weighted by molar-refractivity contribution is 5.77. The van der Waals surface area contributed by atoms with Crippen molar-refractivity contribution in [2.24, 2.45) is 5.73 Å². The van der Waals surface area contributed by atoms with E-state index in [4.69, 9.17) is 5.73 Å². The van der Waals surface area contributed by atoms with E-state index in [9.17, 15) is 4.79 Å². The minimum atomic E-state index is -0.233. The summed E-state index contributed by atoms with van der Waals surface area (Å²) >= 11 is 0. The zero-order valence-electron chi connectivity index (χ0n) is 9.65. The topological polar surface area (TPSA) is 59.7 Å². The molecular weight excluding hydrogens is 200 g/mol. The maximum absolute atomic E-state index is 11.1. The number of rotatable bonds is 3. The molecular formula is C13H19N2O+. The van der Waals surface area contributed by atoms with Crippen LogP contribution in [0.2, 0.25) is 0 Å². The van der Waals surface area contributed by atoms with Gasteiger partial charge in [0.25, 0.3) is 5.91 Å². The van der Waals surface area contributed by atoms with Gasteiger partial charge in [0.1, 0.15) is 6.04 Å². The first kappa shape index (κ1) is 11.1. The molecule has 0 unspecified atom stereocenters. The van der Waals surface area contributed by atoms with Crippen LogP contribution in [0.3, 0.4) is 0 Å². The van der Waals surface area contributed by atoms with E-state index < -0.39 is 0 Å².